The molecule has 0 aliphatic rings. The highest BCUT2D eigenvalue weighted by Crippen LogP contribution is 2.15. The van der Waals surface area contributed by atoms with Gasteiger partial charge in [-0.1, -0.05) is 13.8 Å². The molecule has 1 aromatic heterocycles. The lowest BCUT2D eigenvalue weighted by molar-refractivity contribution is 0.149. The molecule has 3 heteroatoms. The monoisotopic (exact) mass is 210 g/mol. The van der Waals surface area contributed by atoms with Gasteiger partial charge in [0.25, 0.3) is 0 Å². The summed E-state index contributed by atoms with van der Waals surface area (Å²) < 4.78 is 2.04. The van der Waals surface area contributed by atoms with Crippen molar-refractivity contribution in [3.8, 4) is 0 Å². The van der Waals surface area contributed by atoms with Gasteiger partial charge in [-0.05, 0) is 24.5 Å². The van der Waals surface area contributed by atoms with Gasteiger partial charge in [0.1, 0.15) is 0 Å². The highest BCUT2D eigenvalue weighted by atomic mass is 16.3. The molecule has 0 fully saturated rings. The highest BCUT2D eigenvalue weighted by molar-refractivity contribution is 5.10. The van der Waals surface area contributed by atoms with E-state index >= 15 is 0 Å². The fourth-order valence-electron chi connectivity index (χ4n) is 1.73. The average Bonchev–Trinajstić information content (AvgIpc) is 2.67. The summed E-state index contributed by atoms with van der Waals surface area (Å²) in [6.45, 7) is 5.24. The molecule has 0 amide bonds. The molecule has 0 aromatic carbocycles. The van der Waals surface area contributed by atoms with Gasteiger partial charge in [-0.3, -0.25) is 0 Å². The predicted octanol–water partition coefficient (Wildman–Crippen LogP) is 1.67. The molecule has 1 heterocycles. The summed E-state index contributed by atoms with van der Waals surface area (Å²) in [6.07, 6.45) is 6.04. The Kier molecular flexibility index (Phi) is 4.36. The van der Waals surface area contributed by atoms with E-state index in [1.807, 2.05) is 17.8 Å². The Morgan fingerprint density at radius 3 is 2.47 bits per heavy atom. The minimum atomic E-state index is -0.115. The van der Waals surface area contributed by atoms with Gasteiger partial charge in [0.15, 0.2) is 0 Å². The van der Waals surface area contributed by atoms with E-state index in [1.165, 1.54) is 5.56 Å². The lowest BCUT2D eigenvalue weighted by Gasteiger charge is -2.30. The number of hydrogen-bond donors (Lipinski definition) is 2. The molecule has 1 aromatic rings. The Bertz CT molecular complexity index is 281. The summed E-state index contributed by atoms with van der Waals surface area (Å²) in [7, 11) is 2.02. The van der Waals surface area contributed by atoms with Gasteiger partial charge in [0, 0.05) is 31.5 Å². The second kappa shape index (κ2) is 5.33. The van der Waals surface area contributed by atoms with Crippen molar-refractivity contribution in [2.24, 2.45) is 7.05 Å². The van der Waals surface area contributed by atoms with Crippen LogP contribution in [-0.2, 0) is 13.6 Å². The fraction of sp³-hybridized carbons (Fsp3) is 0.667. The second-order valence-electron chi connectivity index (χ2n) is 4.18. The number of hydrogen-bond acceptors (Lipinski definition) is 2. The summed E-state index contributed by atoms with van der Waals surface area (Å²) >= 11 is 0. The first kappa shape index (κ1) is 12.3. The van der Waals surface area contributed by atoms with Crippen LogP contribution in [0.25, 0.3) is 0 Å². The van der Waals surface area contributed by atoms with Crippen LogP contribution in [0.15, 0.2) is 18.5 Å². The lowest BCUT2D eigenvalue weighted by Crippen LogP contribution is -2.46. The van der Waals surface area contributed by atoms with Crippen LogP contribution in [0.1, 0.15) is 32.3 Å². The van der Waals surface area contributed by atoms with E-state index in [2.05, 4.69) is 31.4 Å². The Morgan fingerprint density at radius 1 is 1.40 bits per heavy atom. The average molecular weight is 210 g/mol. The summed E-state index contributed by atoms with van der Waals surface area (Å²) in [5.74, 6) is 0. The summed E-state index contributed by atoms with van der Waals surface area (Å²) in [5, 5.41) is 12.8. The quantitative estimate of drug-likeness (QED) is 0.749. The zero-order valence-corrected chi connectivity index (χ0v) is 9.95. The zero-order chi connectivity index (χ0) is 11.3. The van der Waals surface area contributed by atoms with Crippen LogP contribution in [0, 0.1) is 0 Å². The molecule has 0 unspecified atom stereocenters. The molecule has 2 N–H and O–H groups in total. The van der Waals surface area contributed by atoms with Crippen molar-refractivity contribution in [1.82, 2.24) is 9.88 Å². The first-order chi connectivity index (χ1) is 7.15. The highest BCUT2D eigenvalue weighted by Gasteiger charge is 2.23. The smallest absolute Gasteiger partial charge is 0.0613 e. The van der Waals surface area contributed by atoms with Crippen molar-refractivity contribution in [3.05, 3.63) is 24.0 Å². The van der Waals surface area contributed by atoms with Gasteiger partial charge >= 0.3 is 0 Å². The lowest BCUT2D eigenvalue weighted by atomic mass is 9.94. The Morgan fingerprint density at radius 2 is 2.07 bits per heavy atom. The van der Waals surface area contributed by atoms with Gasteiger partial charge < -0.3 is 15.0 Å². The molecule has 0 spiro atoms. The zero-order valence-electron chi connectivity index (χ0n) is 9.95. The van der Waals surface area contributed by atoms with Gasteiger partial charge in [0.2, 0.25) is 0 Å². The molecule has 0 saturated carbocycles. The number of aliphatic hydroxyl groups is 1. The first-order valence-corrected chi connectivity index (χ1v) is 5.62. The Hall–Kier alpha value is -0.800. The summed E-state index contributed by atoms with van der Waals surface area (Å²) in [5.41, 5.74) is 1.15. The van der Waals surface area contributed by atoms with E-state index in [0.29, 0.717) is 0 Å². The van der Waals surface area contributed by atoms with E-state index in [-0.39, 0.29) is 12.1 Å². The van der Waals surface area contributed by atoms with Crippen LogP contribution in [0.3, 0.4) is 0 Å². The normalized spacial score (nSPS) is 12.0. The predicted molar refractivity (Wildman–Crippen MR) is 62.7 cm³/mol. The maximum absolute atomic E-state index is 9.39. The Balaban J connectivity index is 2.54. The number of aromatic nitrogens is 1. The maximum atomic E-state index is 9.39. The third kappa shape index (κ3) is 3.08. The summed E-state index contributed by atoms with van der Waals surface area (Å²) in [4.78, 5) is 0. The van der Waals surface area contributed by atoms with Crippen molar-refractivity contribution < 1.29 is 5.11 Å². The summed E-state index contributed by atoms with van der Waals surface area (Å²) in [6, 6.07) is 2.10. The second-order valence-corrected chi connectivity index (χ2v) is 4.18. The van der Waals surface area contributed by atoms with Gasteiger partial charge in [0.05, 0.1) is 6.61 Å². The van der Waals surface area contributed by atoms with Crippen LogP contribution in [0.2, 0.25) is 0 Å². The molecule has 0 atom stereocenters. The minimum Gasteiger partial charge on any atom is -0.394 e. The van der Waals surface area contributed by atoms with E-state index in [4.69, 9.17) is 0 Å². The fourth-order valence-corrected chi connectivity index (χ4v) is 1.73. The van der Waals surface area contributed by atoms with Crippen molar-refractivity contribution in [2.75, 3.05) is 6.61 Å². The van der Waals surface area contributed by atoms with Crippen LogP contribution in [0.5, 0.6) is 0 Å². The van der Waals surface area contributed by atoms with Gasteiger partial charge in [-0.2, -0.15) is 0 Å². The van der Waals surface area contributed by atoms with E-state index in [0.717, 1.165) is 19.4 Å². The van der Waals surface area contributed by atoms with Crippen LogP contribution < -0.4 is 5.32 Å². The molecular weight excluding hydrogens is 188 g/mol. The SMILES string of the molecule is CCC(CC)(CO)NCc1ccn(C)c1. The molecule has 3 nitrogen and oxygen atoms in total. The van der Waals surface area contributed by atoms with Crippen molar-refractivity contribution >= 4 is 0 Å². The molecule has 86 valence electrons. The van der Waals surface area contributed by atoms with Gasteiger partial charge in [-0.15, -0.1) is 0 Å². The number of aryl methyl sites for hydroxylation is 1. The first-order valence-electron chi connectivity index (χ1n) is 5.62. The molecular formula is C12H22N2O. The topological polar surface area (TPSA) is 37.2 Å². The van der Waals surface area contributed by atoms with Crippen LogP contribution in [0.4, 0.5) is 0 Å². The molecule has 0 saturated heterocycles. The van der Waals surface area contributed by atoms with E-state index in [9.17, 15) is 5.11 Å². The number of nitrogens with zero attached hydrogens (tertiary/aromatic N) is 1. The van der Waals surface area contributed by atoms with Crippen LogP contribution in [-0.4, -0.2) is 21.8 Å². The maximum Gasteiger partial charge on any atom is 0.0613 e. The van der Waals surface area contributed by atoms with Crippen LogP contribution >= 0.6 is 0 Å². The molecule has 0 bridgehead atoms. The third-order valence-electron chi connectivity index (χ3n) is 3.22. The third-order valence-corrected chi connectivity index (χ3v) is 3.22. The van der Waals surface area contributed by atoms with E-state index < -0.39 is 0 Å². The number of aliphatic hydroxyl groups excluding tert-OH is 1. The van der Waals surface area contributed by atoms with Crippen molar-refractivity contribution in [1.29, 1.82) is 0 Å². The largest absolute Gasteiger partial charge is 0.394 e. The minimum absolute atomic E-state index is 0.115. The number of rotatable bonds is 6. The van der Waals surface area contributed by atoms with Crippen molar-refractivity contribution in [2.45, 2.75) is 38.8 Å². The Labute approximate surface area is 92.1 Å². The molecule has 1 rings (SSSR count). The standard InChI is InChI=1S/C12H22N2O/c1-4-12(5-2,10-15)13-8-11-6-7-14(3)9-11/h6-7,9,13,15H,4-5,8,10H2,1-3H3. The molecule has 15 heavy (non-hydrogen) atoms. The number of nitrogens with one attached hydrogen (secondary N) is 1. The van der Waals surface area contributed by atoms with Crippen molar-refractivity contribution in [3.63, 3.8) is 0 Å². The van der Waals surface area contributed by atoms with E-state index in [1.54, 1.807) is 0 Å². The molecule has 0 aliphatic heterocycles. The molecule has 0 aliphatic carbocycles. The van der Waals surface area contributed by atoms with Gasteiger partial charge in [-0.25, -0.2) is 0 Å². The molecule has 0 radical (unpaired) electrons.